The van der Waals surface area contributed by atoms with E-state index in [-0.39, 0.29) is 5.82 Å². The molecule has 0 aliphatic carbocycles. The van der Waals surface area contributed by atoms with Gasteiger partial charge < -0.3 is 14.5 Å². The van der Waals surface area contributed by atoms with Gasteiger partial charge in [0.2, 0.25) is 5.89 Å². The number of rotatable bonds is 4. The quantitative estimate of drug-likeness (QED) is 0.907. The molecule has 6 heteroatoms. The molecule has 2 aromatic rings. The summed E-state index contributed by atoms with van der Waals surface area (Å²) in [5.41, 5.74) is 1.74. The number of aromatic nitrogens is 1. The summed E-state index contributed by atoms with van der Waals surface area (Å²) in [6.07, 6.45) is 3.76. The molecule has 140 valence electrons. The highest BCUT2D eigenvalue weighted by Gasteiger charge is 2.39. The molecule has 1 aromatic heterocycles. The van der Waals surface area contributed by atoms with Gasteiger partial charge in [-0.05, 0) is 63.4 Å². The maximum Gasteiger partial charge on any atom is 0.229 e. The second kappa shape index (κ2) is 7.00. The first-order valence-corrected chi connectivity index (χ1v) is 9.32. The lowest BCUT2D eigenvalue weighted by Crippen LogP contribution is -2.38. The molecular weight excluding hydrogens is 333 g/mol. The van der Waals surface area contributed by atoms with E-state index in [1.807, 2.05) is 6.92 Å². The zero-order chi connectivity index (χ0) is 18.1. The second-order valence-corrected chi connectivity index (χ2v) is 7.58. The van der Waals surface area contributed by atoms with Gasteiger partial charge in [0.25, 0.3) is 0 Å². The fourth-order valence-electron chi connectivity index (χ4n) is 4.23. The monoisotopic (exact) mass is 359 g/mol. The van der Waals surface area contributed by atoms with E-state index in [1.54, 1.807) is 12.1 Å². The Bertz CT molecular complexity index is 783. The predicted octanol–water partition coefficient (Wildman–Crippen LogP) is 3.37. The molecule has 1 aromatic carbocycles. The van der Waals surface area contributed by atoms with Gasteiger partial charge in [-0.2, -0.15) is 0 Å². The Kier molecular flexibility index (Phi) is 4.71. The van der Waals surface area contributed by atoms with E-state index in [9.17, 15) is 4.39 Å². The smallest absolute Gasteiger partial charge is 0.229 e. The third-order valence-electron chi connectivity index (χ3n) is 5.85. The van der Waals surface area contributed by atoms with Gasteiger partial charge in [0.05, 0.1) is 18.4 Å². The number of nitrogens with zero attached hydrogens (tertiary/aromatic N) is 2. The molecule has 2 saturated heterocycles. The number of oxazole rings is 1. The first-order chi connectivity index (χ1) is 12.6. The molecule has 4 rings (SSSR count). The minimum Gasteiger partial charge on any atom is -0.497 e. The number of halogens is 1. The van der Waals surface area contributed by atoms with Crippen molar-refractivity contribution < 1.29 is 13.5 Å². The van der Waals surface area contributed by atoms with E-state index in [0.717, 1.165) is 44.2 Å². The number of hydrogen-bond donors (Lipinski definition) is 1. The minimum atomic E-state index is -0.382. The van der Waals surface area contributed by atoms with E-state index >= 15 is 0 Å². The summed E-state index contributed by atoms with van der Waals surface area (Å²) < 4.78 is 25.1. The van der Waals surface area contributed by atoms with Crippen LogP contribution in [0.2, 0.25) is 0 Å². The lowest BCUT2D eigenvalue weighted by Gasteiger charge is -2.33. The van der Waals surface area contributed by atoms with Crippen molar-refractivity contribution in [3.8, 4) is 17.2 Å². The Morgan fingerprint density at radius 2 is 2.12 bits per heavy atom. The van der Waals surface area contributed by atoms with Gasteiger partial charge in [-0.15, -0.1) is 0 Å². The number of nitrogens with one attached hydrogen (secondary N) is 1. The summed E-state index contributed by atoms with van der Waals surface area (Å²) >= 11 is 0. The molecule has 2 aliphatic heterocycles. The Morgan fingerprint density at radius 3 is 2.85 bits per heavy atom. The van der Waals surface area contributed by atoms with Crippen LogP contribution < -0.4 is 10.1 Å². The lowest BCUT2D eigenvalue weighted by atomic mass is 9.78. The predicted molar refractivity (Wildman–Crippen MR) is 97.6 cm³/mol. The number of piperidine rings is 1. The Morgan fingerprint density at radius 1 is 1.31 bits per heavy atom. The average molecular weight is 359 g/mol. The molecule has 2 fully saturated rings. The topological polar surface area (TPSA) is 50.5 Å². The Balaban J connectivity index is 1.49. The summed E-state index contributed by atoms with van der Waals surface area (Å²) in [5, 5.41) is 3.45. The molecule has 1 spiro atoms. The van der Waals surface area contributed by atoms with Crippen LogP contribution in [0.4, 0.5) is 4.39 Å². The third-order valence-corrected chi connectivity index (χ3v) is 5.85. The fourth-order valence-corrected chi connectivity index (χ4v) is 4.23. The van der Waals surface area contributed by atoms with Crippen LogP contribution >= 0.6 is 0 Å². The van der Waals surface area contributed by atoms with E-state index in [1.165, 1.54) is 32.4 Å². The number of likely N-dealkylation sites (tertiary alicyclic amines) is 1. The first-order valence-electron chi connectivity index (χ1n) is 9.32. The van der Waals surface area contributed by atoms with Gasteiger partial charge in [-0.3, -0.25) is 4.90 Å². The van der Waals surface area contributed by atoms with Gasteiger partial charge >= 0.3 is 0 Å². The summed E-state index contributed by atoms with van der Waals surface area (Å²) in [7, 11) is 1.52. The summed E-state index contributed by atoms with van der Waals surface area (Å²) in [4.78, 5) is 7.05. The average Bonchev–Trinajstić information content (AvgIpc) is 3.19. The zero-order valence-corrected chi connectivity index (χ0v) is 15.5. The summed E-state index contributed by atoms with van der Waals surface area (Å²) in [6, 6.07) is 4.73. The normalized spacial score (nSPS) is 20.0. The van der Waals surface area contributed by atoms with Crippen LogP contribution in [0.25, 0.3) is 11.5 Å². The van der Waals surface area contributed by atoms with Crippen LogP contribution in [-0.2, 0) is 6.54 Å². The van der Waals surface area contributed by atoms with Crippen molar-refractivity contribution in [3.05, 3.63) is 35.5 Å². The van der Waals surface area contributed by atoms with Crippen LogP contribution in [0.15, 0.2) is 22.6 Å². The summed E-state index contributed by atoms with van der Waals surface area (Å²) in [6.45, 7) is 7.13. The first kappa shape index (κ1) is 17.5. The molecule has 3 heterocycles. The Hall–Kier alpha value is -1.92. The van der Waals surface area contributed by atoms with Crippen molar-refractivity contribution in [3.63, 3.8) is 0 Å². The number of hydrogen-bond acceptors (Lipinski definition) is 5. The molecule has 5 nitrogen and oxygen atoms in total. The molecule has 0 bridgehead atoms. The number of methoxy groups -OCH3 is 1. The zero-order valence-electron chi connectivity index (χ0n) is 15.5. The van der Waals surface area contributed by atoms with E-state index in [2.05, 4.69) is 15.2 Å². The second-order valence-electron chi connectivity index (χ2n) is 7.58. The maximum absolute atomic E-state index is 14.3. The molecule has 0 amide bonds. The van der Waals surface area contributed by atoms with Gasteiger partial charge in [0, 0.05) is 19.2 Å². The molecule has 0 radical (unpaired) electrons. The van der Waals surface area contributed by atoms with Crippen LogP contribution in [0.3, 0.4) is 0 Å². The molecular formula is C20H26FN3O2. The SMILES string of the molecule is COc1ccc(-c2nc(CN3CCC4(CCNCC4)C3)c(C)o2)c(F)c1. The van der Waals surface area contributed by atoms with Crippen molar-refractivity contribution in [2.75, 3.05) is 33.3 Å². The number of aryl methyl sites for hydroxylation is 1. The van der Waals surface area contributed by atoms with Crippen molar-refractivity contribution in [2.24, 2.45) is 5.41 Å². The highest BCUT2D eigenvalue weighted by molar-refractivity contribution is 5.56. The van der Waals surface area contributed by atoms with Gasteiger partial charge in [-0.1, -0.05) is 0 Å². The maximum atomic E-state index is 14.3. The van der Waals surface area contributed by atoms with E-state index in [0.29, 0.717) is 22.6 Å². The third kappa shape index (κ3) is 3.35. The lowest BCUT2D eigenvalue weighted by molar-refractivity contribution is 0.193. The minimum absolute atomic E-state index is 0.341. The largest absolute Gasteiger partial charge is 0.497 e. The molecule has 2 aliphatic rings. The van der Waals surface area contributed by atoms with E-state index in [4.69, 9.17) is 9.15 Å². The van der Waals surface area contributed by atoms with Gasteiger partial charge in [-0.25, -0.2) is 9.37 Å². The molecule has 0 atom stereocenters. The summed E-state index contributed by atoms with van der Waals surface area (Å²) in [5.74, 6) is 1.21. The molecule has 1 N–H and O–H groups in total. The van der Waals surface area contributed by atoms with E-state index < -0.39 is 0 Å². The van der Waals surface area contributed by atoms with Crippen LogP contribution in [-0.4, -0.2) is 43.2 Å². The van der Waals surface area contributed by atoms with Crippen LogP contribution in [0.1, 0.15) is 30.7 Å². The number of ether oxygens (including phenoxy) is 1. The molecule has 26 heavy (non-hydrogen) atoms. The van der Waals surface area contributed by atoms with Crippen molar-refractivity contribution in [1.29, 1.82) is 0 Å². The highest BCUT2D eigenvalue weighted by atomic mass is 19.1. The Labute approximate surface area is 153 Å². The van der Waals surface area contributed by atoms with Crippen molar-refractivity contribution >= 4 is 0 Å². The highest BCUT2D eigenvalue weighted by Crippen LogP contribution is 2.39. The van der Waals surface area contributed by atoms with Crippen LogP contribution in [0, 0.1) is 18.2 Å². The van der Waals surface area contributed by atoms with Gasteiger partial charge in [0.1, 0.15) is 17.3 Å². The van der Waals surface area contributed by atoms with Crippen LogP contribution in [0.5, 0.6) is 5.75 Å². The number of benzene rings is 1. The molecule has 0 unspecified atom stereocenters. The van der Waals surface area contributed by atoms with Gasteiger partial charge in [0.15, 0.2) is 0 Å². The molecule has 0 saturated carbocycles. The fraction of sp³-hybridized carbons (Fsp3) is 0.550. The van der Waals surface area contributed by atoms with Crippen molar-refractivity contribution in [2.45, 2.75) is 32.7 Å². The standard InChI is InChI=1S/C20H26FN3O2/c1-14-18(12-24-10-7-20(13-24)5-8-22-9-6-20)23-19(26-14)16-4-3-15(25-2)11-17(16)21/h3-4,11,22H,5-10,12-13H2,1-2H3. The van der Waals surface area contributed by atoms with Crippen molar-refractivity contribution in [1.82, 2.24) is 15.2 Å².